The van der Waals surface area contributed by atoms with Gasteiger partial charge in [0.05, 0.1) is 23.1 Å². The fourth-order valence-corrected chi connectivity index (χ4v) is 2.42. The third-order valence-corrected chi connectivity index (χ3v) is 3.65. The first-order chi connectivity index (χ1) is 9.63. The van der Waals surface area contributed by atoms with Gasteiger partial charge < -0.3 is 10.4 Å². The van der Waals surface area contributed by atoms with Crippen LogP contribution in [0.25, 0.3) is 11.0 Å². The van der Waals surface area contributed by atoms with Crippen LogP contribution in [0.5, 0.6) is 0 Å². The molecule has 0 spiro atoms. The molecule has 5 nitrogen and oxygen atoms in total. The van der Waals surface area contributed by atoms with Crippen molar-refractivity contribution in [3.05, 3.63) is 30.0 Å². The number of benzene rings is 1. The number of anilines is 1. The first-order valence-electron chi connectivity index (χ1n) is 6.85. The van der Waals surface area contributed by atoms with Crippen molar-refractivity contribution in [2.24, 2.45) is 5.92 Å². The van der Waals surface area contributed by atoms with Crippen molar-refractivity contribution in [3.63, 3.8) is 0 Å². The number of nitrogens with one attached hydrogen (secondary N) is 1. The van der Waals surface area contributed by atoms with Crippen molar-refractivity contribution in [1.29, 1.82) is 0 Å². The van der Waals surface area contributed by atoms with Gasteiger partial charge in [-0.25, -0.2) is 9.97 Å². The third kappa shape index (κ3) is 2.71. The van der Waals surface area contributed by atoms with E-state index < -0.39 is 5.97 Å². The summed E-state index contributed by atoms with van der Waals surface area (Å²) in [6.45, 7) is 1.90. The second-order valence-corrected chi connectivity index (χ2v) is 5.33. The first-order valence-corrected chi connectivity index (χ1v) is 6.85. The molecule has 0 amide bonds. The zero-order chi connectivity index (χ0) is 14.1. The fourth-order valence-electron chi connectivity index (χ4n) is 2.42. The zero-order valence-electron chi connectivity index (χ0n) is 11.3. The van der Waals surface area contributed by atoms with Crippen molar-refractivity contribution in [2.45, 2.75) is 32.2 Å². The molecule has 0 radical (unpaired) electrons. The van der Waals surface area contributed by atoms with E-state index in [0.29, 0.717) is 11.7 Å². The summed E-state index contributed by atoms with van der Waals surface area (Å²) < 4.78 is 0. The number of aromatic nitrogens is 2. The van der Waals surface area contributed by atoms with E-state index in [2.05, 4.69) is 15.3 Å². The molecule has 1 aromatic heterocycles. The summed E-state index contributed by atoms with van der Waals surface area (Å²) in [5.41, 5.74) is 2.49. The minimum atomic E-state index is -0.777. The number of aliphatic carboxylic acids is 1. The van der Waals surface area contributed by atoms with Gasteiger partial charge in [-0.3, -0.25) is 4.79 Å². The molecule has 1 aliphatic rings. The Morgan fingerprint density at radius 3 is 2.60 bits per heavy atom. The number of hydrogen-bond acceptors (Lipinski definition) is 4. The van der Waals surface area contributed by atoms with Gasteiger partial charge in [-0.1, -0.05) is 12.1 Å². The van der Waals surface area contributed by atoms with E-state index in [-0.39, 0.29) is 12.5 Å². The lowest BCUT2D eigenvalue weighted by Crippen LogP contribution is -2.26. The highest BCUT2D eigenvalue weighted by atomic mass is 16.4. The van der Waals surface area contributed by atoms with Crippen LogP contribution in [0.15, 0.2) is 24.3 Å². The topological polar surface area (TPSA) is 75.1 Å². The lowest BCUT2D eigenvalue weighted by molar-refractivity contribution is -0.137. The number of hydrogen-bond donors (Lipinski definition) is 2. The van der Waals surface area contributed by atoms with Gasteiger partial charge in [0.1, 0.15) is 5.82 Å². The molecule has 1 heterocycles. The third-order valence-electron chi connectivity index (χ3n) is 3.65. The minimum absolute atomic E-state index is 0.0540. The molecule has 104 valence electrons. The number of carbonyl (C=O) groups is 1. The predicted octanol–water partition coefficient (Wildman–Crippen LogP) is 2.60. The molecule has 1 aliphatic carbocycles. The predicted molar refractivity (Wildman–Crippen MR) is 76.7 cm³/mol. The number of rotatable bonds is 5. The average molecular weight is 271 g/mol. The van der Waals surface area contributed by atoms with Crippen molar-refractivity contribution in [1.82, 2.24) is 9.97 Å². The molecule has 0 saturated heterocycles. The monoisotopic (exact) mass is 271 g/mol. The Bertz CT molecular complexity index is 653. The van der Waals surface area contributed by atoms with Crippen LogP contribution in [0.2, 0.25) is 0 Å². The number of carboxylic acid groups (broad SMARTS) is 1. The maximum Gasteiger partial charge on any atom is 0.305 e. The molecule has 20 heavy (non-hydrogen) atoms. The number of nitrogens with zero attached hydrogens (tertiary/aromatic N) is 2. The Morgan fingerprint density at radius 1 is 1.35 bits per heavy atom. The summed E-state index contributed by atoms with van der Waals surface area (Å²) in [4.78, 5) is 20.0. The van der Waals surface area contributed by atoms with Gasteiger partial charge in [0.15, 0.2) is 0 Å². The first kappa shape index (κ1) is 12.8. The Kier molecular flexibility index (Phi) is 3.26. The van der Waals surface area contributed by atoms with Crippen LogP contribution < -0.4 is 5.32 Å². The summed E-state index contributed by atoms with van der Waals surface area (Å²) in [6.07, 6.45) is 2.30. The Hall–Kier alpha value is -2.17. The fraction of sp³-hybridized carbons (Fsp3) is 0.400. The van der Waals surface area contributed by atoms with Crippen LogP contribution in [-0.4, -0.2) is 27.1 Å². The van der Waals surface area contributed by atoms with Gasteiger partial charge in [0.25, 0.3) is 0 Å². The number of aryl methyl sites for hydroxylation is 1. The van der Waals surface area contributed by atoms with Crippen LogP contribution in [0.1, 0.15) is 25.0 Å². The Balaban J connectivity index is 1.88. The summed E-state index contributed by atoms with van der Waals surface area (Å²) in [7, 11) is 0. The maximum absolute atomic E-state index is 11.0. The van der Waals surface area contributed by atoms with Crippen molar-refractivity contribution in [3.8, 4) is 0 Å². The summed E-state index contributed by atoms with van der Waals surface area (Å²) in [5, 5.41) is 12.3. The van der Waals surface area contributed by atoms with E-state index in [0.717, 1.165) is 29.6 Å². The molecular formula is C15H17N3O2. The van der Waals surface area contributed by atoms with E-state index in [9.17, 15) is 4.79 Å². The molecule has 1 unspecified atom stereocenters. The standard InChI is InChI=1S/C15H17N3O2/c1-9-15(17-12-5-3-2-4-11(12)16-9)18-13(8-14(19)20)10-6-7-10/h2-5,10,13H,6-8H2,1H3,(H,17,18)(H,19,20). The molecule has 1 atom stereocenters. The van der Waals surface area contributed by atoms with E-state index in [4.69, 9.17) is 5.11 Å². The number of fused-ring (bicyclic) bond motifs is 1. The molecule has 2 N–H and O–H groups in total. The van der Waals surface area contributed by atoms with Gasteiger partial charge in [-0.05, 0) is 37.8 Å². The SMILES string of the molecule is Cc1nc2ccccc2nc1NC(CC(=O)O)C1CC1. The normalized spacial score (nSPS) is 16.1. The Labute approximate surface area is 117 Å². The molecule has 1 fully saturated rings. The smallest absolute Gasteiger partial charge is 0.305 e. The van der Waals surface area contributed by atoms with Crippen LogP contribution in [-0.2, 0) is 4.79 Å². The lowest BCUT2D eigenvalue weighted by Gasteiger charge is -2.18. The molecule has 0 bridgehead atoms. The van der Waals surface area contributed by atoms with Crippen molar-refractivity contribution in [2.75, 3.05) is 5.32 Å². The summed E-state index contributed by atoms with van der Waals surface area (Å²) in [6, 6.07) is 7.64. The molecule has 3 rings (SSSR count). The van der Waals surface area contributed by atoms with E-state index >= 15 is 0 Å². The summed E-state index contributed by atoms with van der Waals surface area (Å²) >= 11 is 0. The quantitative estimate of drug-likeness (QED) is 0.874. The highest BCUT2D eigenvalue weighted by Crippen LogP contribution is 2.35. The number of para-hydroxylation sites is 2. The molecule has 2 aromatic rings. The molecular weight excluding hydrogens is 254 g/mol. The van der Waals surface area contributed by atoms with Gasteiger partial charge in [0.2, 0.25) is 0 Å². The second kappa shape index (κ2) is 5.07. The minimum Gasteiger partial charge on any atom is -0.481 e. The van der Waals surface area contributed by atoms with Crippen LogP contribution in [0.4, 0.5) is 5.82 Å². The molecule has 0 aliphatic heterocycles. The van der Waals surface area contributed by atoms with Gasteiger partial charge in [0, 0.05) is 6.04 Å². The van der Waals surface area contributed by atoms with E-state index in [1.54, 1.807) is 0 Å². The largest absolute Gasteiger partial charge is 0.481 e. The zero-order valence-corrected chi connectivity index (χ0v) is 11.3. The van der Waals surface area contributed by atoms with E-state index in [1.165, 1.54) is 0 Å². The molecule has 1 saturated carbocycles. The van der Waals surface area contributed by atoms with Crippen LogP contribution in [0, 0.1) is 12.8 Å². The molecule has 5 heteroatoms. The van der Waals surface area contributed by atoms with Gasteiger partial charge >= 0.3 is 5.97 Å². The lowest BCUT2D eigenvalue weighted by atomic mass is 10.1. The Morgan fingerprint density at radius 2 is 2.00 bits per heavy atom. The number of carboxylic acids is 1. The summed E-state index contributed by atoms with van der Waals surface area (Å²) in [5.74, 6) is 0.362. The highest BCUT2D eigenvalue weighted by molar-refractivity contribution is 5.76. The van der Waals surface area contributed by atoms with Crippen molar-refractivity contribution >= 4 is 22.8 Å². The maximum atomic E-state index is 11.0. The van der Waals surface area contributed by atoms with Crippen LogP contribution in [0.3, 0.4) is 0 Å². The van der Waals surface area contributed by atoms with Gasteiger partial charge in [-0.15, -0.1) is 0 Å². The second-order valence-electron chi connectivity index (χ2n) is 5.33. The van der Waals surface area contributed by atoms with Crippen molar-refractivity contribution < 1.29 is 9.90 Å². The van der Waals surface area contributed by atoms with E-state index in [1.807, 2.05) is 31.2 Å². The van der Waals surface area contributed by atoms with Gasteiger partial charge in [-0.2, -0.15) is 0 Å². The average Bonchev–Trinajstić information content (AvgIpc) is 3.22. The highest BCUT2D eigenvalue weighted by Gasteiger charge is 2.33. The van der Waals surface area contributed by atoms with Crippen LogP contribution >= 0.6 is 0 Å². The molecule has 1 aromatic carbocycles.